The van der Waals surface area contributed by atoms with Gasteiger partial charge in [-0.3, -0.25) is 9.79 Å². The van der Waals surface area contributed by atoms with E-state index in [2.05, 4.69) is 22.0 Å². The fourth-order valence-electron chi connectivity index (χ4n) is 3.29. The number of hydrogen-bond acceptors (Lipinski definition) is 2. The topological polar surface area (TPSA) is 65.5 Å². The van der Waals surface area contributed by atoms with Crippen molar-refractivity contribution < 1.29 is 4.79 Å². The molecule has 0 spiro atoms. The van der Waals surface area contributed by atoms with Gasteiger partial charge in [0, 0.05) is 41.2 Å². The van der Waals surface area contributed by atoms with Crippen molar-refractivity contribution in [2.75, 3.05) is 25.0 Å². The number of anilines is 1. The summed E-state index contributed by atoms with van der Waals surface area (Å²) in [6.45, 7) is 4.03. The molecule has 1 unspecified atom stereocenters. The first kappa shape index (κ1) is 23.8. The fraction of sp³-hybridized carbons (Fsp3) is 0.333. The number of rotatable bonds is 6. The Balaban J connectivity index is 0.00000300. The van der Waals surface area contributed by atoms with Gasteiger partial charge in [-0.05, 0) is 48.7 Å². The molecule has 0 bridgehead atoms. The zero-order chi connectivity index (χ0) is 19.9. The quantitative estimate of drug-likeness (QED) is 0.276. The molecule has 2 aromatic rings. The van der Waals surface area contributed by atoms with Crippen LogP contribution < -0.4 is 16.0 Å². The Morgan fingerprint density at radius 1 is 1.17 bits per heavy atom. The molecular weight excluding hydrogens is 522 g/mol. The molecule has 0 fully saturated rings. The lowest BCUT2D eigenvalue weighted by Gasteiger charge is -2.24. The Hall–Kier alpha value is -1.51. The predicted molar refractivity (Wildman–Crippen MR) is 132 cm³/mol. The molecule has 2 aromatic carbocycles. The number of amides is 1. The number of fused-ring (bicyclic) bond motifs is 1. The van der Waals surface area contributed by atoms with Crippen molar-refractivity contribution >= 4 is 64.7 Å². The van der Waals surface area contributed by atoms with E-state index in [-0.39, 0.29) is 35.8 Å². The normalized spacial score (nSPS) is 15.8. The van der Waals surface area contributed by atoms with Crippen LogP contribution in [0.1, 0.15) is 30.4 Å². The molecule has 5 nitrogen and oxygen atoms in total. The second-order valence-electron chi connectivity index (χ2n) is 6.71. The second-order valence-corrected chi connectivity index (χ2v) is 7.58. The number of hydrogen-bond donors (Lipinski definition) is 3. The Kier molecular flexibility index (Phi) is 9.52. The molecule has 1 amide bonds. The third-order valence-electron chi connectivity index (χ3n) is 4.55. The van der Waals surface area contributed by atoms with E-state index in [1.54, 1.807) is 6.07 Å². The summed E-state index contributed by atoms with van der Waals surface area (Å²) >= 11 is 12.1. The van der Waals surface area contributed by atoms with Gasteiger partial charge in [0.2, 0.25) is 5.91 Å². The van der Waals surface area contributed by atoms with Gasteiger partial charge >= 0.3 is 0 Å². The molecule has 3 N–H and O–H groups in total. The van der Waals surface area contributed by atoms with E-state index in [0.717, 1.165) is 35.7 Å². The van der Waals surface area contributed by atoms with E-state index in [0.29, 0.717) is 29.6 Å². The van der Waals surface area contributed by atoms with Crippen LogP contribution in [0.3, 0.4) is 0 Å². The highest BCUT2D eigenvalue weighted by Gasteiger charge is 2.24. The smallest absolute Gasteiger partial charge is 0.225 e. The summed E-state index contributed by atoms with van der Waals surface area (Å²) in [5, 5.41) is 10.8. The molecule has 1 aliphatic heterocycles. The fourth-order valence-corrected chi connectivity index (χ4v) is 3.86. The monoisotopic (exact) mass is 546 g/mol. The van der Waals surface area contributed by atoms with Gasteiger partial charge in [0.25, 0.3) is 0 Å². The average molecular weight is 547 g/mol. The van der Waals surface area contributed by atoms with Crippen LogP contribution in [0.15, 0.2) is 47.5 Å². The van der Waals surface area contributed by atoms with E-state index < -0.39 is 0 Å². The van der Waals surface area contributed by atoms with Crippen molar-refractivity contribution in [3.63, 3.8) is 0 Å². The number of nitrogens with one attached hydrogen (secondary N) is 3. The van der Waals surface area contributed by atoms with Crippen LogP contribution in [0.2, 0.25) is 10.0 Å². The molecule has 0 saturated carbocycles. The number of para-hydroxylation sites is 1. The molecule has 0 aromatic heterocycles. The van der Waals surface area contributed by atoms with E-state index in [9.17, 15) is 4.79 Å². The SMILES string of the molecule is CCNC(=NCC1CC(=O)Nc2ccccc21)NCCc1cc(Cl)cc(Cl)c1.I. The maximum absolute atomic E-state index is 12.0. The first-order valence-electron chi connectivity index (χ1n) is 9.41. The second kappa shape index (κ2) is 11.6. The number of carbonyl (C=O) groups excluding carboxylic acids is 1. The van der Waals surface area contributed by atoms with E-state index >= 15 is 0 Å². The van der Waals surface area contributed by atoms with Crippen LogP contribution in [-0.2, 0) is 11.2 Å². The molecule has 0 radical (unpaired) electrons. The number of benzene rings is 2. The third kappa shape index (κ3) is 7.04. The highest BCUT2D eigenvalue weighted by Crippen LogP contribution is 2.31. The largest absolute Gasteiger partial charge is 0.357 e. The molecule has 1 atom stereocenters. The van der Waals surface area contributed by atoms with E-state index in [1.807, 2.05) is 37.3 Å². The van der Waals surface area contributed by atoms with E-state index in [4.69, 9.17) is 28.2 Å². The number of carbonyl (C=O) groups is 1. The van der Waals surface area contributed by atoms with Crippen LogP contribution in [-0.4, -0.2) is 31.5 Å². The van der Waals surface area contributed by atoms with Crippen molar-refractivity contribution in [1.29, 1.82) is 0 Å². The zero-order valence-electron chi connectivity index (χ0n) is 16.2. The van der Waals surface area contributed by atoms with Crippen molar-refractivity contribution in [3.05, 3.63) is 63.6 Å². The highest BCUT2D eigenvalue weighted by atomic mass is 127. The first-order valence-corrected chi connectivity index (χ1v) is 10.2. The van der Waals surface area contributed by atoms with E-state index in [1.165, 1.54) is 0 Å². The zero-order valence-corrected chi connectivity index (χ0v) is 20.0. The Labute approximate surface area is 198 Å². The van der Waals surface area contributed by atoms with Crippen molar-refractivity contribution in [2.45, 2.75) is 25.7 Å². The minimum Gasteiger partial charge on any atom is -0.357 e. The van der Waals surface area contributed by atoms with Crippen LogP contribution in [0.25, 0.3) is 0 Å². The van der Waals surface area contributed by atoms with Gasteiger partial charge in [0.15, 0.2) is 5.96 Å². The van der Waals surface area contributed by atoms with Crippen LogP contribution in [0.4, 0.5) is 5.69 Å². The van der Waals surface area contributed by atoms with Crippen LogP contribution in [0, 0.1) is 0 Å². The van der Waals surface area contributed by atoms with Gasteiger partial charge in [-0.1, -0.05) is 41.4 Å². The van der Waals surface area contributed by atoms with Gasteiger partial charge in [0.05, 0.1) is 6.54 Å². The number of halogens is 3. The highest BCUT2D eigenvalue weighted by molar-refractivity contribution is 14.0. The first-order chi connectivity index (χ1) is 13.5. The number of nitrogens with zero attached hydrogens (tertiary/aromatic N) is 1. The molecule has 156 valence electrons. The van der Waals surface area contributed by atoms with Gasteiger partial charge in [-0.15, -0.1) is 24.0 Å². The van der Waals surface area contributed by atoms with Crippen LogP contribution >= 0.6 is 47.2 Å². The summed E-state index contributed by atoms with van der Waals surface area (Å²) in [5.74, 6) is 0.848. The lowest BCUT2D eigenvalue weighted by Crippen LogP contribution is -2.38. The molecule has 0 aliphatic carbocycles. The summed E-state index contributed by atoms with van der Waals surface area (Å²) in [4.78, 5) is 16.7. The summed E-state index contributed by atoms with van der Waals surface area (Å²) in [5.41, 5.74) is 3.09. The lowest BCUT2D eigenvalue weighted by molar-refractivity contribution is -0.116. The molecule has 1 heterocycles. The van der Waals surface area contributed by atoms with Crippen LogP contribution in [0.5, 0.6) is 0 Å². The van der Waals surface area contributed by atoms with Crippen molar-refractivity contribution in [2.24, 2.45) is 4.99 Å². The summed E-state index contributed by atoms with van der Waals surface area (Å²) in [6.07, 6.45) is 1.22. The summed E-state index contributed by atoms with van der Waals surface area (Å²) in [6, 6.07) is 13.5. The molecule has 1 aliphatic rings. The van der Waals surface area contributed by atoms with Gasteiger partial charge in [-0.2, -0.15) is 0 Å². The van der Waals surface area contributed by atoms with Gasteiger partial charge in [-0.25, -0.2) is 0 Å². The van der Waals surface area contributed by atoms with Crippen molar-refractivity contribution in [1.82, 2.24) is 10.6 Å². The Morgan fingerprint density at radius 2 is 1.90 bits per heavy atom. The van der Waals surface area contributed by atoms with Gasteiger partial charge < -0.3 is 16.0 Å². The number of guanidine groups is 1. The lowest BCUT2D eigenvalue weighted by atomic mass is 9.91. The predicted octanol–water partition coefficient (Wildman–Crippen LogP) is 4.84. The standard InChI is InChI=1S/C21H24Cl2N4O.HI/c1-2-24-21(25-8-7-14-9-16(22)12-17(23)10-14)26-13-15-11-20(28)27-19-6-4-3-5-18(15)19;/h3-6,9-10,12,15H,2,7-8,11,13H2,1H3,(H,27,28)(H2,24,25,26);1H. The van der Waals surface area contributed by atoms with Gasteiger partial charge in [0.1, 0.15) is 0 Å². The summed E-state index contributed by atoms with van der Waals surface area (Å²) < 4.78 is 0. The Bertz CT molecular complexity index is 855. The minimum atomic E-state index is 0. The minimum absolute atomic E-state index is 0. The number of aliphatic imine (C=N–C) groups is 1. The maximum Gasteiger partial charge on any atom is 0.225 e. The summed E-state index contributed by atoms with van der Waals surface area (Å²) in [7, 11) is 0. The maximum atomic E-state index is 12.0. The molecule has 0 saturated heterocycles. The van der Waals surface area contributed by atoms with Crippen molar-refractivity contribution in [3.8, 4) is 0 Å². The average Bonchev–Trinajstić information content (AvgIpc) is 2.65. The Morgan fingerprint density at radius 3 is 2.62 bits per heavy atom. The third-order valence-corrected chi connectivity index (χ3v) is 4.99. The molecule has 29 heavy (non-hydrogen) atoms. The molecule has 8 heteroatoms. The molecular formula is C21H25Cl2IN4O. The molecule has 3 rings (SSSR count).